The summed E-state index contributed by atoms with van der Waals surface area (Å²) in [7, 11) is 0. The summed E-state index contributed by atoms with van der Waals surface area (Å²) in [6, 6.07) is 5.53. The highest BCUT2D eigenvalue weighted by Gasteiger charge is 2.27. The summed E-state index contributed by atoms with van der Waals surface area (Å²) in [5, 5.41) is 9.00. The molecule has 1 atom stereocenters. The molecule has 0 aliphatic heterocycles. The Balaban J connectivity index is 1.92. The van der Waals surface area contributed by atoms with E-state index in [-0.39, 0.29) is 25.2 Å². The molecule has 3 aromatic rings. The number of nitrogens with zero attached hydrogens (tertiary/aromatic N) is 1. The van der Waals surface area contributed by atoms with E-state index in [0.29, 0.717) is 10.6 Å². The van der Waals surface area contributed by atoms with Crippen molar-refractivity contribution in [1.29, 1.82) is 0 Å². The number of hydrogen-bond donors (Lipinski definition) is 3. The third-order valence-corrected chi connectivity index (χ3v) is 5.36. The molecule has 0 bridgehead atoms. The number of aliphatic carboxylic acids is 1. The summed E-state index contributed by atoms with van der Waals surface area (Å²) in [4.78, 5) is 36.2. The number of aromatic nitrogens is 1. The molecule has 8 nitrogen and oxygen atoms in total. The Morgan fingerprint density at radius 1 is 1.00 bits per heavy atom. The molecule has 1 heterocycles. The number of carbonyl (C=O) groups is 2. The molecule has 0 fully saturated rings. The van der Waals surface area contributed by atoms with Crippen LogP contribution in [0.25, 0.3) is 5.69 Å². The summed E-state index contributed by atoms with van der Waals surface area (Å²) in [6.45, 7) is 1.21. The van der Waals surface area contributed by atoms with Gasteiger partial charge in [-0.2, -0.15) is 0 Å². The molecule has 0 aliphatic rings. The van der Waals surface area contributed by atoms with Gasteiger partial charge in [0.15, 0.2) is 17.4 Å². The smallest absolute Gasteiger partial charge is 0.323 e. The van der Waals surface area contributed by atoms with Crippen LogP contribution in [0.15, 0.2) is 47.3 Å². The van der Waals surface area contributed by atoms with E-state index in [1.54, 1.807) is 0 Å². The highest BCUT2D eigenvalue weighted by Crippen LogP contribution is 2.27. The Kier molecular flexibility index (Phi) is 7.48. The number of ether oxygens (including phenoxy) is 1. The van der Waals surface area contributed by atoms with Crippen LogP contribution in [0, 0.1) is 23.3 Å². The number of carbonyl (C=O) groups excluding carboxylic acids is 1. The highest BCUT2D eigenvalue weighted by molar-refractivity contribution is 6.11. The number of anilines is 1. The van der Waals surface area contributed by atoms with Crippen LogP contribution >= 0.6 is 0 Å². The van der Waals surface area contributed by atoms with Crippen molar-refractivity contribution in [3.05, 3.63) is 87.2 Å². The number of nitrogen functional groups attached to an aromatic ring is 1. The van der Waals surface area contributed by atoms with Crippen molar-refractivity contribution < 1.29 is 37.0 Å². The fraction of sp³-hybridized carbons (Fsp3) is 0.208. The van der Waals surface area contributed by atoms with Crippen molar-refractivity contribution in [2.45, 2.75) is 25.3 Å². The van der Waals surface area contributed by atoms with Crippen molar-refractivity contribution >= 4 is 17.6 Å². The van der Waals surface area contributed by atoms with Crippen molar-refractivity contribution in [2.24, 2.45) is 5.73 Å². The molecule has 12 heteroatoms. The maximum atomic E-state index is 14.9. The number of halogens is 4. The lowest BCUT2D eigenvalue weighted by Gasteiger charge is -2.19. The van der Waals surface area contributed by atoms with Gasteiger partial charge in [0.2, 0.25) is 0 Å². The molecule has 1 aromatic heterocycles. The number of carboxylic acids is 1. The summed E-state index contributed by atoms with van der Waals surface area (Å²) >= 11 is 0. The molecule has 5 N–H and O–H groups in total. The second kappa shape index (κ2) is 10.2. The van der Waals surface area contributed by atoms with Crippen LogP contribution in [0.4, 0.5) is 23.4 Å². The maximum absolute atomic E-state index is 14.9. The first-order valence-electron chi connectivity index (χ1n) is 10.5. The van der Waals surface area contributed by atoms with E-state index in [1.807, 2.05) is 0 Å². The van der Waals surface area contributed by atoms with Crippen LogP contribution in [0.2, 0.25) is 0 Å². The lowest BCUT2D eigenvalue weighted by atomic mass is 9.98. The molecular weight excluding hydrogens is 486 g/mol. The Morgan fingerprint density at radius 2 is 1.61 bits per heavy atom. The van der Waals surface area contributed by atoms with Gasteiger partial charge in [-0.3, -0.25) is 19.0 Å². The topological polar surface area (TPSA) is 138 Å². The number of hydrogen-bond acceptors (Lipinski definition) is 6. The van der Waals surface area contributed by atoms with Crippen LogP contribution in [0.3, 0.4) is 0 Å². The van der Waals surface area contributed by atoms with E-state index in [0.717, 1.165) is 36.4 Å². The molecule has 0 spiro atoms. The molecule has 0 amide bonds. The second-order valence-corrected chi connectivity index (χ2v) is 8.17. The Hall–Kier alpha value is -4.19. The average molecular weight is 507 g/mol. The predicted molar refractivity (Wildman–Crippen MR) is 121 cm³/mol. The summed E-state index contributed by atoms with van der Waals surface area (Å²) in [5.41, 5.74) is 7.11. The van der Waals surface area contributed by atoms with E-state index in [4.69, 9.17) is 21.3 Å². The monoisotopic (exact) mass is 507 g/mol. The first-order chi connectivity index (χ1) is 16.8. The number of carboxylic acid groups (broad SMARTS) is 1. The number of nitrogens with two attached hydrogens (primary N) is 2. The van der Waals surface area contributed by atoms with Crippen LogP contribution < -0.4 is 21.8 Å². The molecule has 36 heavy (non-hydrogen) atoms. The first-order valence-corrected chi connectivity index (χ1v) is 10.5. The molecule has 0 saturated carbocycles. The molecule has 190 valence electrons. The lowest BCUT2D eigenvalue weighted by molar-refractivity contribution is -0.143. The second-order valence-electron chi connectivity index (χ2n) is 8.17. The fourth-order valence-corrected chi connectivity index (χ4v) is 3.37. The van der Waals surface area contributed by atoms with Crippen LogP contribution in [0.5, 0.6) is 5.75 Å². The summed E-state index contributed by atoms with van der Waals surface area (Å²) < 4.78 is 62.8. The minimum atomic E-state index is -1.50. The Morgan fingerprint density at radius 3 is 2.19 bits per heavy atom. The van der Waals surface area contributed by atoms with Crippen LogP contribution in [0.1, 0.15) is 35.7 Å². The average Bonchev–Trinajstić information content (AvgIpc) is 2.78. The maximum Gasteiger partial charge on any atom is 0.323 e. The van der Waals surface area contributed by atoms with E-state index in [2.05, 4.69) is 0 Å². The molecule has 0 saturated heterocycles. The normalized spacial score (nSPS) is 12.7. The lowest BCUT2D eigenvalue weighted by Crippen LogP contribution is -2.44. The molecule has 3 rings (SSSR count). The third-order valence-electron chi connectivity index (χ3n) is 5.36. The summed E-state index contributed by atoms with van der Waals surface area (Å²) in [5.74, 6) is -7.80. The third kappa shape index (κ3) is 5.38. The van der Waals surface area contributed by atoms with Crippen molar-refractivity contribution in [2.75, 3.05) is 12.3 Å². The minimum Gasteiger partial charge on any atom is -0.493 e. The van der Waals surface area contributed by atoms with Gasteiger partial charge in [-0.25, -0.2) is 17.6 Å². The molecule has 1 unspecified atom stereocenters. The van der Waals surface area contributed by atoms with Gasteiger partial charge in [0.25, 0.3) is 5.56 Å². The zero-order valence-corrected chi connectivity index (χ0v) is 18.9. The van der Waals surface area contributed by atoms with E-state index in [1.165, 1.54) is 6.92 Å². The number of benzene rings is 2. The Bertz CT molecular complexity index is 1380. The quantitative estimate of drug-likeness (QED) is 0.230. The van der Waals surface area contributed by atoms with E-state index < -0.39 is 68.8 Å². The van der Waals surface area contributed by atoms with E-state index >= 15 is 0 Å². The van der Waals surface area contributed by atoms with Crippen LogP contribution in [-0.4, -0.2) is 33.6 Å². The number of pyridine rings is 1. The highest BCUT2D eigenvalue weighted by atomic mass is 19.1. The molecule has 0 radical (unpaired) electrons. The molecular formula is C24H21F4N3O5. The van der Waals surface area contributed by atoms with Gasteiger partial charge in [-0.1, -0.05) is 0 Å². The summed E-state index contributed by atoms with van der Waals surface area (Å²) in [6.07, 6.45) is 0.202. The minimum absolute atomic E-state index is 0.0345. The fourth-order valence-electron chi connectivity index (χ4n) is 3.37. The van der Waals surface area contributed by atoms with Crippen molar-refractivity contribution in [1.82, 2.24) is 4.57 Å². The van der Waals surface area contributed by atoms with Gasteiger partial charge < -0.3 is 21.3 Å². The van der Waals surface area contributed by atoms with Gasteiger partial charge in [-0.05, 0) is 38.0 Å². The zero-order valence-electron chi connectivity index (χ0n) is 18.9. The van der Waals surface area contributed by atoms with Crippen molar-refractivity contribution in [3.63, 3.8) is 0 Å². The Labute approximate surface area is 201 Å². The van der Waals surface area contributed by atoms with Crippen molar-refractivity contribution in [3.8, 4) is 11.4 Å². The van der Waals surface area contributed by atoms with E-state index in [9.17, 15) is 31.9 Å². The van der Waals surface area contributed by atoms with Gasteiger partial charge in [0, 0.05) is 24.3 Å². The van der Waals surface area contributed by atoms with Gasteiger partial charge in [0.1, 0.15) is 34.4 Å². The first kappa shape index (κ1) is 26.4. The predicted octanol–water partition coefficient (Wildman–Crippen LogP) is 3.17. The van der Waals surface area contributed by atoms with Crippen LogP contribution in [-0.2, 0) is 4.79 Å². The SMILES string of the molecule is CC(N)(CCCOc1cc(F)c(-n2c(N)c(C(=O)c3ccc(F)cc3F)ccc2=O)c(F)c1)C(=O)O. The zero-order chi connectivity index (χ0) is 26.8. The van der Waals surface area contributed by atoms with Gasteiger partial charge in [0.05, 0.1) is 17.7 Å². The number of ketones is 1. The van der Waals surface area contributed by atoms with Gasteiger partial charge >= 0.3 is 5.97 Å². The standard InChI is InChI=1S/C24H21F4N3O5/c1-24(30,23(34)35)7-2-8-36-13-10-17(27)20(18(28)11-13)31-19(32)6-5-15(22(31)29)21(33)14-4-3-12(25)9-16(14)26/h3-6,9-11H,2,7-8,29-30H2,1H3,(H,34,35). The largest absolute Gasteiger partial charge is 0.493 e. The molecule has 0 aliphatic carbocycles. The molecule has 2 aromatic carbocycles. The van der Waals surface area contributed by atoms with Gasteiger partial charge in [-0.15, -0.1) is 0 Å². The number of rotatable bonds is 9.